The molecule has 6 heteroatoms. The molecule has 0 aliphatic heterocycles. The van der Waals surface area contributed by atoms with E-state index in [4.69, 9.17) is 0 Å². The second-order valence-electron chi connectivity index (χ2n) is 5.28. The Morgan fingerprint density at radius 2 is 1.89 bits per heavy atom. The Morgan fingerprint density at radius 3 is 2.33 bits per heavy atom. The van der Waals surface area contributed by atoms with Crippen LogP contribution in [0.25, 0.3) is 0 Å². The van der Waals surface area contributed by atoms with E-state index in [1.165, 1.54) is 10.6 Å². The molecule has 0 heterocycles. The second kappa shape index (κ2) is 6.52. The molecule has 0 aromatic rings. The Kier molecular flexibility index (Phi) is 5.59. The molecule has 0 radical (unpaired) electrons. The zero-order chi connectivity index (χ0) is 13.8. The Morgan fingerprint density at radius 1 is 1.33 bits per heavy atom. The molecule has 1 N–H and O–H groups in total. The highest BCUT2D eigenvalue weighted by molar-refractivity contribution is 7.88. The lowest BCUT2D eigenvalue weighted by Gasteiger charge is -2.26. The van der Waals surface area contributed by atoms with Crippen molar-refractivity contribution in [2.75, 3.05) is 12.8 Å². The quantitative estimate of drug-likeness (QED) is 0.790. The summed E-state index contributed by atoms with van der Waals surface area (Å²) in [7, 11) is -3.22. The van der Waals surface area contributed by atoms with Crippen molar-refractivity contribution < 1.29 is 13.2 Å². The van der Waals surface area contributed by atoms with Crippen LogP contribution in [0, 0.1) is 0 Å². The van der Waals surface area contributed by atoms with Gasteiger partial charge >= 0.3 is 0 Å². The average Bonchev–Trinajstić information content (AvgIpc) is 2.67. The molecule has 0 bridgehead atoms. The largest absolute Gasteiger partial charge is 0.354 e. The highest BCUT2D eigenvalue weighted by atomic mass is 32.2. The van der Waals surface area contributed by atoms with E-state index in [0.29, 0.717) is 6.54 Å². The first kappa shape index (κ1) is 15.4. The van der Waals surface area contributed by atoms with E-state index in [2.05, 4.69) is 5.32 Å². The predicted molar refractivity (Wildman–Crippen MR) is 71.7 cm³/mol. The summed E-state index contributed by atoms with van der Waals surface area (Å²) in [6.07, 6.45) is 5.45. The monoisotopic (exact) mass is 276 g/mol. The minimum Gasteiger partial charge on any atom is -0.354 e. The summed E-state index contributed by atoms with van der Waals surface area (Å²) >= 11 is 0. The molecule has 0 atom stereocenters. The van der Waals surface area contributed by atoms with Gasteiger partial charge in [0.2, 0.25) is 15.9 Å². The predicted octanol–water partition coefficient (Wildman–Crippen LogP) is 1.11. The van der Waals surface area contributed by atoms with Gasteiger partial charge in [-0.3, -0.25) is 4.79 Å². The fourth-order valence-electron chi connectivity index (χ4n) is 2.42. The van der Waals surface area contributed by atoms with Gasteiger partial charge in [0.25, 0.3) is 0 Å². The number of hydrogen-bond donors (Lipinski definition) is 1. The van der Waals surface area contributed by atoms with Crippen LogP contribution in [0.4, 0.5) is 0 Å². The Labute approximate surface area is 110 Å². The van der Waals surface area contributed by atoms with Crippen LogP contribution >= 0.6 is 0 Å². The summed E-state index contributed by atoms with van der Waals surface area (Å²) in [5.41, 5.74) is 0. The van der Waals surface area contributed by atoms with Crippen molar-refractivity contribution in [3.8, 4) is 0 Å². The topological polar surface area (TPSA) is 66.5 Å². The smallest absolute Gasteiger partial charge is 0.221 e. The van der Waals surface area contributed by atoms with Gasteiger partial charge in [0.1, 0.15) is 0 Å². The van der Waals surface area contributed by atoms with Crippen LogP contribution in [-0.4, -0.2) is 43.5 Å². The van der Waals surface area contributed by atoms with Crippen molar-refractivity contribution in [2.45, 2.75) is 58.0 Å². The number of hydrogen-bond acceptors (Lipinski definition) is 3. The van der Waals surface area contributed by atoms with Crippen LogP contribution in [-0.2, 0) is 14.8 Å². The number of rotatable bonds is 6. The van der Waals surface area contributed by atoms with E-state index in [0.717, 1.165) is 25.7 Å². The van der Waals surface area contributed by atoms with E-state index in [1.807, 2.05) is 13.8 Å². The average molecular weight is 276 g/mol. The van der Waals surface area contributed by atoms with Crippen molar-refractivity contribution >= 4 is 15.9 Å². The summed E-state index contributed by atoms with van der Waals surface area (Å²) in [6.45, 7) is 4.08. The normalized spacial score (nSPS) is 17.6. The van der Waals surface area contributed by atoms with E-state index in [9.17, 15) is 13.2 Å². The summed E-state index contributed by atoms with van der Waals surface area (Å²) < 4.78 is 25.0. The van der Waals surface area contributed by atoms with Gasteiger partial charge in [-0.1, -0.05) is 12.8 Å². The van der Waals surface area contributed by atoms with E-state index >= 15 is 0 Å². The molecule has 0 aromatic carbocycles. The summed E-state index contributed by atoms with van der Waals surface area (Å²) in [5, 5.41) is 2.78. The third kappa shape index (κ3) is 4.94. The molecule has 0 saturated heterocycles. The van der Waals surface area contributed by atoms with Crippen LogP contribution in [0.2, 0.25) is 0 Å². The van der Waals surface area contributed by atoms with Gasteiger partial charge < -0.3 is 5.32 Å². The van der Waals surface area contributed by atoms with Crippen LogP contribution in [0.15, 0.2) is 0 Å². The van der Waals surface area contributed by atoms with Crippen molar-refractivity contribution in [1.29, 1.82) is 0 Å². The summed E-state index contributed by atoms with van der Waals surface area (Å²) in [5.74, 6) is -0.0864. The molecule has 1 saturated carbocycles. The standard InChI is InChI=1S/C12H24N2O3S/c1-10(2)13-12(15)8-9-14(18(3,16)17)11-6-4-5-7-11/h10-11H,4-9H2,1-3H3,(H,13,15). The molecule has 0 spiro atoms. The Hall–Kier alpha value is -0.620. The maximum atomic E-state index is 11.7. The van der Waals surface area contributed by atoms with Gasteiger partial charge in [0.15, 0.2) is 0 Å². The molecule has 18 heavy (non-hydrogen) atoms. The third-order valence-corrected chi connectivity index (χ3v) is 4.50. The van der Waals surface area contributed by atoms with E-state index in [1.54, 1.807) is 0 Å². The molecule has 1 aliphatic carbocycles. The third-order valence-electron chi connectivity index (χ3n) is 3.17. The molecule has 106 valence electrons. The number of carbonyl (C=O) groups is 1. The molecule has 1 aliphatic rings. The molecule has 5 nitrogen and oxygen atoms in total. The van der Waals surface area contributed by atoms with E-state index < -0.39 is 10.0 Å². The molecule has 1 fully saturated rings. The molecule has 0 aromatic heterocycles. The lowest BCUT2D eigenvalue weighted by atomic mass is 10.2. The van der Waals surface area contributed by atoms with Crippen molar-refractivity contribution in [1.82, 2.24) is 9.62 Å². The highest BCUT2D eigenvalue weighted by Crippen LogP contribution is 2.25. The second-order valence-corrected chi connectivity index (χ2v) is 7.22. The van der Waals surface area contributed by atoms with Gasteiger partial charge in [-0.25, -0.2) is 8.42 Å². The first-order chi connectivity index (χ1) is 8.30. The highest BCUT2D eigenvalue weighted by Gasteiger charge is 2.29. The lowest BCUT2D eigenvalue weighted by molar-refractivity contribution is -0.121. The van der Waals surface area contributed by atoms with Gasteiger partial charge in [-0.05, 0) is 26.7 Å². The van der Waals surface area contributed by atoms with Crippen molar-refractivity contribution in [2.24, 2.45) is 0 Å². The first-order valence-electron chi connectivity index (χ1n) is 6.57. The summed E-state index contributed by atoms with van der Waals surface area (Å²) in [6, 6.07) is 0.183. The van der Waals surface area contributed by atoms with E-state index in [-0.39, 0.29) is 24.4 Å². The number of carbonyl (C=O) groups excluding carboxylic acids is 1. The number of amides is 1. The molecular formula is C12H24N2O3S. The zero-order valence-electron chi connectivity index (χ0n) is 11.5. The van der Waals surface area contributed by atoms with Crippen molar-refractivity contribution in [3.05, 3.63) is 0 Å². The molecule has 0 unspecified atom stereocenters. The van der Waals surface area contributed by atoms with Gasteiger partial charge in [-0.2, -0.15) is 4.31 Å². The number of sulfonamides is 1. The molecule has 1 rings (SSSR count). The maximum Gasteiger partial charge on any atom is 0.221 e. The molecular weight excluding hydrogens is 252 g/mol. The van der Waals surface area contributed by atoms with Crippen LogP contribution in [0.5, 0.6) is 0 Å². The molecule has 1 amide bonds. The van der Waals surface area contributed by atoms with Gasteiger partial charge in [-0.15, -0.1) is 0 Å². The number of nitrogens with one attached hydrogen (secondary N) is 1. The van der Waals surface area contributed by atoms with Crippen LogP contribution in [0.3, 0.4) is 0 Å². The summed E-state index contributed by atoms with van der Waals surface area (Å²) in [4.78, 5) is 11.6. The zero-order valence-corrected chi connectivity index (χ0v) is 12.3. The fourth-order valence-corrected chi connectivity index (χ4v) is 3.59. The Balaban J connectivity index is 2.55. The number of nitrogens with zero attached hydrogens (tertiary/aromatic N) is 1. The van der Waals surface area contributed by atoms with Crippen LogP contribution < -0.4 is 5.32 Å². The minimum atomic E-state index is -3.22. The fraction of sp³-hybridized carbons (Fsp3) is 0.917. The first-order valence-corrected chi connectivity index (χ1v) is 8.41. The van der Waals surface area contributed by atoms with Gasteiger partial charge in [0.05, 0.1) is 6.26 Å². The SMILES string of the molecule is CC(C)NC(=O)CCN(C1CCCC1)S(C)(=O)=O. The Bertz CT molecular complexity index is 373. The lowest BCUT2D eigenvalue weighted by Crippen LogP contribution is -2.41. The minimum absolute atomic E-state index is 0.0864. The maximum absolute atomic E-state index is 11.7. The van der Waals surface area contributed by atoms with Crippen molar-refractivity contribution in [3.63, 3.8) is 0 Å². The van der Waals surface area contributed by atoms with Crippen LogP contribution in [0.1, 0.15) is 46.0 Å². The van der Waals surface area contributed by atoms with Gasteiger partial charge in [0, 0.05) is 25.0 Å².